The molecule has 0 bridgehead atoms. The van der Waals surface area contributed by atoms with Crippen LogP contribution in [0.15, 0.2) is 54.6 Å². The third-order valence-electron chi connectivity index (χ3n) is 12.4. The normalized spacial score (nSPS) is 20.3. The van der Waals surface area contributed by atoms with E-state index in [9.17, 15) is 5.11 Å². The van der Waals surface area contributed by atoms with E-state index in [-0.39, 0.29) is 5.66 Å². The Bertz CT molecular complexity index is 1600. The number of rotatable bonds is 20. The molecule has 6 rings (SSSR count). The third kappa shape index (κ3) is 11.5. The molecule has 8 N–H and O–H groups in total. The minimum absolute atomic E-state index is 0.203. The zero-order valence-corrected chi connectivity index (χ0v) is 33.8. The van der Waals surface area contributed by atoms with E-state index < -0.39 is 0 Å². The third-order valence-corrected chi connectivity index (χ3v) is 12.4. The maximum absolute atomic E-state index is 11.6. The molecule has 0 amide bonds. The van der Waals surface area contributed by atoms with Crippen LogP contribution in [0, 0.1) is 0 Å². The van der Waals surface area contributed by atoms with Gasteiger partial charge in [0.05, 0.1) is 18.9 Å². The second-order valence-corrected chi connectivity index (χ2v) is 16.1. The van der Waals surface area contributed by atoms with Crippen molar-refractivity contribution in [1.29, 1.82) is 0 Å². The molecule has 3 aliphatic carbocycles. The highest BCUT2D eigenvalue weighted by atomic mass is 16.5. The minimum Gasteiger partial charge on any atom is -0.507 e. The van der Waals surface area contributed by atoms with E-state index in [1.54, 1.807) is 0 Å². The summed E-state index contributed by atoms with van der Waals surface area (Å²) in [6, 6.07) is 20.4. The summed E-state index contributed by atoms with van der Waals surface area (Å²) in [7, 11) is 0. The van der Waals surface area contributed by atoms with E-state index in [2.05, 4.69) is 88.1 Å². The standard InChI is InChI=1S/C46H70N6O3/c1-3-54-44-34(28-47)16-13-19-38(44)31-50-42-25-10-9-24-41(42)49-29-35-17-14-18-36(43(35)53)32-51-46(26-11-6-12-27-46)52-33-39-21-15-20-37(45(39)55-4-2)30-48-40-22-7-5-8-23-40/h13-21,40-42,48-53H,3-12,22-33,47H2,1-2H3. The summed E-state index contributed by atoms with van der Waals surface area (Å²) in [5, 5.41) is 31.0. The number of nitrogens with one attached hydrogen (secondary N) is 5. The molecule has 3 aliphatic rings. The van der Waals surface area contributed by atoms with Crippen LogP contribution in [-0.4, -0.2) is 42.1 Å². The maximum atomic E-state index is 11.6. The molecule has 2 unspecified atom stereocenters. The summed E-state index contributed by atoms with van der Waals surface area (Å²) in [4.78, 5) is 0. The quantitative estimate of drug-likeness (QED) is 0.0579. The predicted molar refractivity (Wildman–Crippen MR) is 224 cm³/mol. The molecule has 55 heavy (non-hydrogen) atoms. The lowest BCUT2D eigenvalue weighted by Crippen LogP contribution is -2.57. The lowest BCUT2D eigenvalue weighted by Gasteiger charge is -2.40. The molecule has 0 aromatic heterocycles. The molecule has 302 valence electrons. The van der Waals surface area contributed by atoms with Crippen molar-refractivity contribution in [3.05, 3.63) is 88.0 Å². The van der Waals surface area contributed by atoms with Gasteiger partial charge in [0, 0.05) is 90.8 Å². The fraction of sp³-hybridized carbons (Fsp3) is 0.609. The molecule has 0 radical (unpaired) electrons. The van der Waals surface area contributed by atoms with Gasteiger partial charge in [-0.25, -0.2) is 0 Å². The van der Waals surface area contributed by atoms with Crippen LogP contribution in [0.2, 0.25) is 0 Å². The number of nitrogens with two attached hydrogens (primary N) is 1. The summed E-state index contributed by atoms with van der Waals surface area (Å²) in [6.07, 6.45) is 17.0. The Kier molecular flexibility index (Phi) is 16.1. The molecule has 9 nitrogen and oxygen atoms in total. The van der Waals surface area contributed by atoms with Crippen molar-refractivity contribution in [2.75, 3.05) is 13.2 Å². The number of hydrogen-bond acceptors (Lipinski definition) is 9. The van der Waals surface area contributed by atoms with Crippen LogP contribution in [0.1, 0.15) is 137 Å². The van der Waals surface area contributed by atoms with Crippen LogP contribution in [0.5, 0.6) is 17.2 Å². The number of benzene rings is 3. The van der Waals surface area contributed by atoms with Gasteiger partial charge in [0.1, 0.15) is 17.2 Å². The van der Waals surface area contributed by atoms with E-state index in [1.807, 2.05) is 6.92 Å². The lowest BCUT2D eigenvalue weighted by atomic mass is 9.88. The fourth-order valence-corrected chi connectivity index (χ4v) is 9.21. The Morgan fingerprint density at radius 2 is 1.00 bits per heavy atom. The molecule has 0 saturated heterocycles. The van der Waals surface area contributed by atoms with Gasteiger partial charge >= 0.3 is 0 Å². The Hall–Kier alpha value is -3.18. The highest BCUT2D eigenvalue weighted by Crippen LogP contribution is 2.32. The summed E-state index contributed by atoms with van der Waals surface area (Å²) in [5.74, 6) is 2.34. The van der Waals surface area contributed by atoms with Crippen LogP contribution < -0.4 is 41.8 Å². The second-order valence-electron chi connectivity index (χ2n) is 16.1. The molecule has 3 saturated carbocycles. The van der Waals surface area contributed by atoms with Crippen LogP contribution in [0.3, 0.4) is 0 Å². The molecule has 2 atom stereocenters. The first kappa shape index (κ1) is 41.5. The molecule has 9 heteroatoms. The number of phenols is 1. The van der Waals surface area contributed by atoms with Gasteiger partial charge in [-0.2, -0.15) is 0 Å². The van der Waals surface area contributed by atoms with E-state index in [0.717, 1.165) is 79.1 Å². The Morgan fingerprint density at radius 3 is 1.58 bits per heavy atom. The van der Waals surface area contributed by atoms with Crippen molar-refractivity contribution >= 4 is 0 Å². The summed E-state index contributed by atoms with van der Waals surface area (Å²) < 4.78 is 12.3. The second kappa shape index (κ2) is 21.4. The van der Waals surface area contributed by atoms with E-state index in [4.69, 9.17) is 15.2 Å². The fourth-order valence-electron chi connectivity index (χ4n) is 9.21. The number of aromatic hydroxyl groups is 1. The van der Waals surface area contributed by atoms with Crippen molar-refractivity contribution in [3.63, 3.8) is 0 Å². The van der Waals surface area contributed by atoms with Crippen molar-refractivity contribution in [2.45, 2.75) is 167 Å². The lowest BCUT2D eigenvalue weighted by molar-refractivity contribution is 0.175. The molecular formula is C46H70N6O3. The summed E-state index contributed by atoms with van der Waals surface area (Å²) in [6.45, 7) is 9.39. The first-order chi connectivity index (χ1) is 27.0. The van der Waals surface area contributed by atoms with Crippen molar-refractivity contribution in [2.24, 2.45) is 5.73 Å². The highest BCUT2D eigenvalue weighted by Gasteiger charge is 2.32. The van der Waals surface area contributed by atoms with Crippen molar-refractivity contribution in [3.8, 4) is 17.2 Å². The number of hydrogen-bond donors (Lipinski definition) is 7. The van der Waals surface area contributed by atoms with Gasteiger partial charge in [0.2, 0.25) is 0 Å². The van der Waals surface area contributed by atoms with Crippen LogP contribution in [0.4, 0.5) is 0 Å². The average Bonchev–Trinajstić information content (AvgIpc) is 3.23. The molecule has 3 aromatic rings. The zero-order chi connectivity index (χ0) is 38.3. The highest BCUT2D eigenvalue weighted by molar-refractivity contribution is 5.43. The average molecular weight is 755 g/mol. The Morgan fingerprint density at radius 1 is 0.564 bits per heavy atom. The van der Waals surface area contributed by atoms with E-state index in [1.165, 1.54) is 75.3 Å². The smallest absolute Gasteiger partial charge is 0.128 e. The molecule has 0 aliphatic heterocycles. The summed E-state index contributed by atoms with van der Waals surface area (Å²) >= 11 is 0. The molecule has 3 aromatic carbocycles. The molecule has 3 fully saturated rings. The SMILES string of the molecule is CCOc1c(CN)cccc1CNC1CCCCC1NCc1cccc(CNC2(NCc3cccc(CNC4CCCCC4)c3OCC)CCCCC2)c1O. The van der Waals surface area contributed by atoms with E-state index in [0.29, 0.717) is 56.7 Å². The summed E-state index contributed by atoms with van der Waals surface area (Å²) in [5.41, 5.74) is 12.4. The Balaban J connectivity index is 1.07. The van der Waals surface area contributed by atoms with Crippen LogP contribution in [0.25, 0.3) is 0 Å². The molecule has 0 spiro atoms. The monoisotopic (exact) mass is 755 g/mol. The van der Waals surface area contributed by atoms with Gasteiger partial charge < -0.3 is 36.3 Å². The van der Waals surface area contributed by atoms with Gasteiger partial charge in [0.15, 0.2) is 0 Å². The maximum Gasteiger partial charge on any atom is 0.128 e. The largest absolute Gasteiger partial charge is 0.507 e. The number of ether oxygens (including phenoxy) is 2. The van der Waals surface area contributed by atoms with E-state index >= 15 is 0 Å². The molecule has 0 heterocycles. The Labute approximate surface area is 331 Å². The molecular weight excluding hydrogens is 685 g/mol. The van der Waals surface area contributed by atoms with Gasteiger partial charge in [-0.1, -0.05) is 106 Å². The number of para-hydroxylation sites is 3. The minimum atomic E-state index is -0.203. The van der Waals surface area contributed by atoms with Gasteiger partial charge in [-0.05, 0) is 52.4 Å². The predicted octanol–water partition coefficient (Wildman–Crippen LogP) is 7.80. The van der Waals surface area contributed by atoms with Crippen molar-refractivity contribution in [1.82, 2.24) is 26.6 Å². The zero-order valence-electron chi connectivity index (χ0n) is 33.8. The van der Waals surface area contributed by atoms with Crippen LogP contribution >= 0.6 is 0 Å². The van der Waals surface area contributed by atoms with Gasteiger partial charge in [-0.15, -0.1) is 0 Å². The first-order valence-electron chi connectivity index (χ1n) is 21.7. The van der Waals surface area contributed by atoms with Crippen LogP contribution in [-0.2, 0) is 39.3 Å². The first-order valence-corrected chi connectivity index (χ1v) is 21.7. The van der Waals surface area contributed by atoms with Crippen molar-refractivity contribution < 1.29 is 14.6 Å². The van der Waals surface area contributed by atoms with Gasteiger partial charge in [-0.3, -0.25) is 10.6 Å². The topological polar surface area (TPSA) is 125 Å². The number of phenolic OH excluding ortho intramolecular Hbond substituents is 1. The van der Waals surface area contributed by atoms with Gasteiger partial charge in [0.25, 0.3) is 0 Å².